The Bertz CT molecular complexity index is 348. The van der Waals surface area contributed by atoms with Crippen LogP contribution in [0.5, 0.6) is 0 Å². The number of hydrogen-bond acceptors (Lipinski definition) is 1. The van der Waals surface area contributed by atoms with Crippen molar-refractivity contribution in [1.82, 2.24) is 4.98 Å². The molecule has 0 aliphatic rings. The summed E-state index contributed by atoms with van der Waals surface area (Å²) in [6.45, 7) is 1.63. The Hall–Kier alpha value is -0.710. The van der Waals surface area contributed by atoms with E-state index in [1.165, 1.54) is 6.20 Å². The number of pyridine rings is 1. The predicted molar refractivity (Wildman–Crippen MR) is 44.5 cm³/mol. The molecule has 2 nitrogen and oxygen atoms in total. The van der Waals surface area contributed by atoms with E-state index in [0.717, 1.165) is 0 Å². The normalized spacial score (nSPS) is 10.8. The zero-order valence-corrected chi connectivity index (χ0v) is 7.78. The third kappa shape index (κ3) is 1.55. The summed E-state index contributed by atoms with van der Waals surface area (Å²) in [5, 5.41) is 0. The van der Waals surface area contributed by atoms with Gasteiger partial charge in [-0.05, 0) is 28.4 Å². The van der Waals surface area contributed by atoms with E-state index < -0.39 is 17.5 Å². The molecule has 66 valence electrons. The van der Waals surface area contributed by atoms with E-state index in [9.17, 15) is 13.6 Å². The molecular formula is C7H6BrF2NO. The minimum atomic E-state index is -2.75. The number of H-pyrrole nitrogens is 1. The summed E-state index contributed by atoms with van der Waals surface area (Å²) in [5.74, 6) is 0. The quantitative estimate of drug-likeness (QED) is 0.800. The fraction of sp³-hybridized carbons (Fsp3) is 0.286. The van der Waals surface area contributed by atoms with Crippen LogP contribution in [0.15, 0.2) is 15.5 Å². The Morgan fingerprint density at radius 2 is 2.17 bits per heavy atom. The lowest BCUT2D eigenvalue weighted by Crippen LogP contribution is -2.13. The number of rotatable bonds is 1. The Kier molecular flexibility index (Phi) is 2.62. The molecule has 12 heavy (non-hydrogen) atoms. The highest BCUT2D eigenvalue weighted by molar-refractivity contribution is 9.10. The molecule has 0 fully saturated rings. The van der Waals surface area contributed by atoms with Crippen LogP contribution in [0.1, 0.15) is 17.6 Å². The van der Waals surface area contributed by atoms with E-state index in [2.05, 4.69) is 20.9 Å². The lowest BCUT2D eigenvalue weighted by molar-refractivity contribution is 0.148. The van der Waals surface area contributed by atoms with Crippen LogP contribution in [0.25, 0.3) is 0 Å². The van der Waals surface area contributed by atoms with Crippen LogP contribution in [0.3, 0.4) is 0 Å². The Morgan fingerprint density at radius 1 is 1.58 bits per heavy atom. The molecule has 0 bridgehead atoms. The molecule has 1 aromatic rings. The van der Waals surface area contributed by atoms with E-state index >= 15 is 0 Å². The van der Waals surface area contributed by atoms with E-state index in [1.54, 1.807) is 6.92 Å². The van der Waals surface area contributed by atoms with Crippen LogP contribution in [0.2, 0.25) is 0 Å². The highest BCUT2D eigenvalue weighted by Gasteiger charge is 2.17. The number of hydrogen-bond donors (Lipinski definition) is 1. The first kappa shape index (κ1) is 9.38. The molecule has 0 amide bonds. The summed E-state index contributed by atoms with van der Waals surface area (Å²) in [6, 6.07) is 0. The van der Waals surface area contributed by atoms with Crippen molar-refractivity contribution < 1.29 is 8.78 Å². The first-order chi connectivity index (χ1) is 5.54. The molecule has 1 heterocycles. The topological polar surface area (TPSA) is 32.9 Å². The lowest BCUT2D eigenvalue weighted by atomic mass is 10.2. The lowest BCUT2D eigenvalue weighted by Gasteiger charge is -2.03. The van der Waals surface area contributed by atoms with Crippen molar-refractivity contribution in [2.24, 2.45) is 0 Å². The molecule has 0 atom stereocenters. The van der Waals surface area contributed by atoms with Crippen LogP contribution in [0.4, 0.5) is 8.78 Å². The molecule has 0 aliphatic heterocycles. The van der Waals surface area contributed by atoms with Crippen LogP contribution in [-0.4, -0.2) is 4.98 Å². The third-order valence-electron chi connectivity index (χ3n) is 1.47. The van der Waals surface area contributed by atoms with Crippen molar-refractivity contribution in [3.63, 3.8) is 0 Å². The second-order valence-corrected chi connectivity index (χ2v) is 3.12. The smallest absolute Gasteiger partial charge is 0.270 e. The van der Waals surface area contributed by atoms with Gasteiger partial charge in [0.1, 0.15) is 0 Å². The van der Waals surface area contributed by atoms with E-state index in [0.29, 0.717) is 5.56 Å². The Labute approximate surface area is 75.7 Å². The van der Waals surface area contributed by atoms with Crippen molar-refractivity contribution in [2.45, 2.75) is 13.3 Å². The number of aromatic nitrogens is 1. The SMILES string of the molecule is Cc1c[nH]c(=O)c(C(F)F)c1Br. The van der Waals surface area contributed by atoms with E-state index in [-0.39, 0.29) is 4.47 Å². The second kappa shape index (κ2) is 3.35. The Balaban J connectivity index is 3.43. The van der Waals surface area contributed by atoms with Crippen LogP contribution >= 0.6 is 15.9 Å². The molecule has 5 heteroatoms. The van der Waals surface area contributed by atoms with Crippen molar-refractivity contribution in [3.8, 4) is 0 Å². The molecule has 0 saturated carbocycles. The van der Waals surface area contributed by atoms with Gasteiger partial charge in [-0.1, -0.05) is 0 Å². The zero-order chi connectivity index (χ0) is 9.30. The highest BCUT2D eigenvalue weighted by atomic mass is 79.9. The summed E-state index contributed by atoms with van der Waals surface area (Å²) < 4.78 is 24.6. The van der Waals surface area contributed by atoms with Gasteiger partial charge in [-0.25, -0.2) is 8.78 Å². The maximum Gasteiger partial charge on any atom is 0.270 e. The molecule has 0 aromatic carbocycles. The largest absolute Gasteiger partial charge is 0.328 e. The van der Waals surface area contributed by atoms with Crippen molar-refractivity contribution in [1.29, 1.82) is 0 Å². The van der Waals surface area contributed by atoms with E-state index in [1.807, 2.05) is 0 Å². The summed E-state index contributed by atoms with van der Waals surface area (Å²) in [6.07, 6.45) is -1.36. The van der Waals surface area contributed by atoms with Crippen LogP contribution in [0, 0.1) is 6.92 Å². The fourth-order valence-electron chi connectivity index (χ4n) is 0.822. The number of aryl methyl sites for hydroxylation is 1. The van der Waals surface area contributed by atoms with Gasteiger partial charge in [0, 0.05) is 10.7 Å². The number of alkyl halides is 2. The van der Waals surface area contributed by atoms with Gasteiger partial charge >= 0.3 is 0 Å². The fourth-order valence-corrected chi connectivity index (χ4v) is 1.29. The number of nitrogens with one attached hydrogen (secondary N) is 1. The predicted octanol–water partition coefficient (Wildman–Crippen LogP) is 2.38. The van der Waals surface area contributed by atoms with Crippen molar-refractivity contribution in [3.05, 3.63) is 32.2 Å². The molecule has 1 rings (SSSR count). The molecule has 0 aliphatic carbocycles. The summed E-state index contributed by atoms with van der Waals surface area (Å²) in [7, 11) is 0. The first-order valence-corrected chi connectivity index (χ1v) is 3.99. The molecular weight excluding hydrogens is 232 g/mol. The summed E-state index contributed by atoms with van der Waals surface area (Å²) >= 11 is 2.93. The van der Waals surface area contributed by atoms with Gasteiger partial charge in [0.2, 0.25) is 0 Å². The van der Waals surface area contributed by atoms with Crippen molar-refractivity contribution >= 4 is 15.9 Å². The Morgan fingerprint density at radius 3 is 2.58 bits per heavy atom. The van der Waals surface area contributed by atoms with Crippen LogP contribution in [-0.2, 0) is 0 Å². The molecule has 0 spiro atoms. The summed E-state index contributed by atoms with van der Waals surface area (Å²) in [4.78, 5) is 13.1. The molecule has 0 saturated heterocycles. The minimum Gasteiger partial charge on any atom is -0.328 e. The monoisotopic (exact) mass is 237 g/mol. The standard InChI is InChI=1S/C7H6BrF2NO/c1-3-2-11-7(12)4(5(3)8)6(9)10/h2,6H,1H3,(H,11,12). The third-order valence-corrected chi connectivity index (χ3v) is 2.52. The van der Waals surface area contributed by atoms with Gasteiger partial charge in [-0.15, -0.1) is 0 Å². The number of halogens is 3. The molecule has 1 N–H and O–H groups in total. The molecule has 1 aromatic heterocycles. The van der Waals surface area contributed by atoms with Crippen molar-refractivity contribution in [2.75, 3.05) is 0 Å². The maximum atomic E-state index is 12.2. The van der Waals surface area contributed by atoms with Gasteiger partial charge in [-0.3, -0.25) is 4.79 Å². The van der Waals surface area contributed by atoms with Crippen LogP contribution < -0.4 is 5.56 Å². The summed E-state index contributed by atoms with van der Waals surface area (Å²) in [5.41, 5.74) is -0.664. The van der Waals surface area contributed by atoms with Gasteiger partial charge < -0.3 is 4.98 Å². The van der Waals surface area contributed by atoms with Gasteiger partial charge in [0.25, 0.3) is 12.0 Å². The average molecular weight is 238 g/mol. The number of aromatic amines is 1. The first-order valence-electron chi connectivity index (χ1n) is 3.20. The molecule has 0 radical (unpaired) electrons. The highest BCUT2D eigenvalue weighted by Crippen LogP contribution is 2.25. The van der Waals surface area contributed by atoms with E-state index in [4.69, 9.17) is 0 Å². The zero-order valence-electron chi connectivity index (χ0n) is 6.20. The second-order valence-electron chi connectivity index (χ2n) is 2.33. The average Bonchev–Trinajstić information content (AvgIpc) is 1.97. The van der Waals surface area contributed by atoms with Gasteiger partial charge in [-0.2, -0.15) is 0 Å². The molecule has 0 unspecified atom stereocenters. The van der Waals surface area contributed by atoms with Gasteiger partial charge in [0.15, 0.2) is 0 Å². The maximum absolute atomic E-state index is 12.2. The van der Waals surface area contributed by atoms with Gasteiger partial charge in [0.05, 0.1) is 5.56 Å². The minimum absolute atomic E-state index is 0.182.